The Kier molecular flexibility index (Phi) is 6.02. The minimum atomic E-state index is -4.41. The van der Waals surface area contributed by atoms with E-state index in [1.807, 2.05) is 0 Å². The van der Waals surface area contributed by atoms with E-state index in [1.54, 1.807) is 19.2 Å². The molecule has 0 spiro atoms. The molecule has 28 heavy (non-hydrogen) atoms. The molecule has 1 saturated heterocycles. The monoisotopic (exact) mass is 412 g/mol. The fraction of sp³-hybridized carbons (Fsp3) is 0.368. The molecule has 1 unspecified atom stereocenters. The SMILES string of the molecule is CN(Cc1ccco1)C(=O)C1CSCN1C(=O)Cc1ccc(C(F)(F)F)cc1. The second-order valence-electron chi connectivity index (χ2n) is 6.52. The van der Waals surface area contributed by atoms with Crippen molar-refractivity contribution in [2.45, 2.75) is 25.2 Å². The minimum Gasteiger partial charge on any atom is -0.467 e. The van der Waals surface area contributed by atoms with Crippen molar-refractivity contribution in [2.75, 3.05) is 18.7 Å². The van der Waals surface area contributed by atoms with Gasteiger partial charge in [-0.3, -0.25) is 9.59 Å². The Morgan fingerprint density at radius 2 is 1.96 bits per heavy atom. The van der Waals surface area contributed by atoms with Crippen LogP contribution in [0.15, 0.2) is 47.1 Å². The standard InChI is InChI=1S/C19H19F3N2O3S/c1-23(10-15-3-2-8-27-15)18(26)16-11-28-12-24(16)17(25)9-13-4-6-14(7-5-13)19(20,21)22/h2-8,16H,9-12H2,1H3. The summed E-state index contributed by atoms with van der Waals surface area (Å²) in [7, 11) is 1.65. The number of likely N-dealkylation sites (N-methyl/N-ethyl adjacent to an activating group) is 1. The van der Waals surface area contributed by atoms with E-state index in [-0.39, 0.29) is 18.2 Å². The van der Waals surface area contributed by atoms with E-state index in [1.165, 1.54) is 40.0 Å². The lowest BCUT2D eigenvalue weighted by atomic mass is 10.1. The number of nitrogens with zero attached hydrogens (tertiary/aromatic N) is 2. The zero-order chi connectivity index (χ0) is 20.3. The summed E-state index contributed by atoms with van der Waals surface area (Å²) in [5.41, 5.74) is -0.280. The van der Waals surface area contributed by atoms with Crippen LogP contribution in [0.1, 0.15) is 16.9 Å². The zero-order valence-corrected chi connectivity index (χ0v) is 15.9. The molecule has 2 heterocycles. The third kappa shape index (κ3) is 4.70. The first-order valence-electron chi connectivity index (χ1n) is 8.56. The first-order chi connectivity index (χ1) is 13.3. The molecule has 1 fully saturated rings. The van der Waals surface area contributed by atoms with Gasteiger partial charge in [-0.2, -0.15) is 13.2 Å². The molecule has 0 radical (unpaired) electrons. The normalized spacial score (nSPS) is 17.0. The van der Waals surface area contributed by atoms with E-state index in [4.69, 9.17) is 4.42 Å². The summed E-state index contributed by atoms with van der Waals surface area (Å²) in [6, 6.07) is 7.42. The number of thioether (sulfide) groups is 1. The Labute approximate surface area is 164 Å². The highest BCUT2D eigenvalue weighted by atomic mass is 32.2. The van der Waals surface area contributed by atoms with Gasteiger partial charge in [0.25, 0.3) is 0 Å². The number of furan rings is 1. The van der Waals surface area contributed by atoms with Gasteiger partial charge in [0.15, 0.2) is 0 Å². The molecule has 2 amide bonds. The lowest BCUT2D eigenvalue weighted by molar-refractivity contribution is -0.142. The van der Waals surface area contributed by atoms with Gasteiger partial charge < -0.3 is 14.2 Å². The molecule has 0 saturated carbocycles. The zero-order valence-electron chi connectivity index (χ0n) is 15.1. The van der Waals surface area contributed by atoms with Gasteiger partial charge in [0.05, 0.1) is 30.7 Å². The van der Waals surface area contributed by atoms with Crippen molar-refractivity contribution < 1.29 is 27.2 Å². The summed E-state index contributed by atoms with van der Waals surface area (Å²) in [6.45, 7) is 0.300. The van der Waals surface area contributed by atoms with E-state index < -0.39 is 17.8 Å². The second kappa shape index (κ2) is 8.30. The third-order valence-electron chi connectivity index (χ3n) is 4.47. The highest BCUT2D eigenvalue weighted by molar-refractivity contribution is 7.99. The van der Waals surface area contributed by atoms with Crippen molar-refractivity contribution >= 4 is 23.6 Å². The molecule has 1 atom stereocenters. The molecule has 5 nitrogen and oxygen atoms in total. The Hall–Kier alpha value is -2.42. The molecule has 1 aliphatic heterocycles. The number of amides is 2. The summed E-state index contributed by atoms with van der Waals surface area (Å²) in [4.78, 5) is 28.4. The largest absolute Gasteiger partial charge is 0.467 e. The van der Waals surface area contributed by atoms with E-state index in [0.29, 0.717) is 29.5 Å². The number of rotatable bonds is 5. The average molecular weight is 412 g/mol. The fourth-order valence-corrected chi connectivity index (χ4v) is 4.12. The van der Waals surface area contributed by atoms with Gasteiger partial charge in [-0.05, 0) is 29.8 Å². The van der Waals surface area contributed by atoms with Crippen LogP contribution in [-0.2, 0) is 28.7 Å². The predicted molar refractivity (Wildman–Crippen MR) is 98.3 cm³/mol. The van der Waals surface area contributed by atoms with Gasteiger partial charge in [-0.15, -0.1) is 11.8 Å². The van der Waals surface area contributed by atoms with Crippen LogP contribution >= 0.6 is 11.8 Å². The molecule has 1 aromatic heterocycles. The Balaban J connectivity index is 1.63. The van der Waals surface area contributed by atoms with Crippen molar-refractivity contribution in [1.29, 1.82) is 0 Å². The van der Waals surface area contributed by atoms with Crippen molar-refractivity contribution in [1.82, 2.24) is 9.80 Å². The number of carbonyl (C=O) groups excluding carboxylic acids is 2. The Bertz CT molecular complexity index is 822. The van der Waals surface area contributed by atoms with Crippen LogP contribution in [-0.4, -0.2) is 46.3 Å². The first-order valence-corrected chi connectivity index (χ1v) is 9.72. The molecule has 9 heteroatoms. The number of hydrogen-bond donors (Lipinski definition) is 0. The molecule has 0 bridgehead atoms. The van der Waals surface area contributed by atoms with Crippen LogP contribution in [0.25, 0.3) is 0 Å². The number of halogens is 3. The van der Waals surface area contributed by atoms with Gasteiger partial charge in [-0.1, -0.05) is 12.1 Å². The molecular formula is C19H19F3N2O3S. The van der Waals surface area contributed by atoms with Gasteiger partial charge >= 0.3 is 6.18 Å². The van der Waals surface area contributed by atoms with Crippen LogP contribution in [0, 0.1) is 0 Å². The maximum atomic E-state index is 12.7. The topological polar surface area (TPSA) is 53.8 Å². The smallest absolute Gasteiger partial charge is 0.416 e. The third-order valence-corrected chi connectivity index (χ3v) is 5.49. The number of alkyl halides is 3. The van der Waals surface area contributed by atoms with Crippen molar-refractivity contribution in [3.63, 3.8) is 0 Å². The lowest BCUT2D eigenvalue weighted by Crippen LogP contribution is -2.48. The quantitative estimate of drug-likeness (QED) is 0.756. The van der Waals surface area contributed by atoms with E-state index in [9.17, 15) is 22.8 Å². The molecule has 150 valence electrons. The Morgan fingerprint density at radius 1 is 1.25 bits per heavy atom. The minimum absolute atomic E-state index is 0.0512. The van der Waals surface area contributed by atoms with Crippen LogP contribution in [0.4, 0.5) is 13.2 Å². The van der Waals surface area contributed by atoms with Gasteiger partial charge in [0.1, 0.15) is 11.8 Å². The molecule has 0 N–H and O–H groups in total. The highest BCUT2D eigenvalue weighted by Crippen LogP contribution is 2.29. The van der Waals surface area contributed by atoms with Crippen molar-refractivity contribution in [3.05, 3.63) is 59.5 Å². The van der Waals surface area contributed by atoms with Gasteiger partial charge in [0.2, 0.25) is 11.8 Å². The van der Waals surface area contributed by atoms with E-state index in [2.05, 4.69) is 0 Å². The maximum Gasteiger partial charge on any atom is 0.416 e. The number of hydrogen-bond acceptors (Lipinski definition) is 4. The molecule has 2 aromatic rings. The first kappa shape index (κ1) is 20.3. The number of benzene rings is 1. The molecule has 0 aliphatic carbocycles. The van der Waals surface area contributed by atoms with Crippen molar-refractivity contribution in [2.24, 2.45) is 0 Å². The van der Waals surface area contributed by atoms with E-state index >= 15 is 0 Å². The van der Waals surface area contributed by atoms with Crippen LogP contribution in [0.3, 0.4) is 0 Å². The van der Waals surface area contributed by atoms with Crippen molar-refractivity contribution in [3.8, 4) is 0 Å². The summed E-state index contributed by atoms with van der Waals surface area (Å²) in [5.74, 6) is 1.03. The van der Waals surface area contributed by atoms with Crippen LogP contribution in [0.2, 0.25) is 0 Å². The summed E-state index contributed by atoms with van der Waals surface area (Å²) >= 11 is 1.47. The summed E-state index contributed by atoms with van der Waals surface area (Å²) in [6.07, 6.45) is -2.94. The molecule has 1 aliphatic rings. The average Bonchev–Trinajstić information content (AvgIpc) is 3.32. The lowest BCUT2D eigenvalue weighted by Gasteiger charge is -2.27. The summed E-state index contributed by atoms with van der Waals surface area (Å²) in [5, 5.41) is 0. The van der Waals surface area contributed by atoms with Crippen LogP contribution < -0.4 is 0 Å². The van der Waals surface area contributed by atoms with Gasteiger partial charge in [-0.25, -0.2) is 0 Å². The van der Waals surface area contributed by atoms with Crippen LogP contribution in [0.5, 0.6) is 0 Å². The molecular weight excluding hydrogens is 393 g/mol. The second-order valence-corrected chi connectivity index (χ2v) is 7.52. The van der Waals surface area contributed by atoms with Gasteiger partial charge in [0, 0.05) is 12.8 Å². The highest BCUT2D eigenvalue weighted by Gasteiger charge is 2.36. The van der Waals surface area contributed by atoms with E-state index in [0.717, 1.165) is 12.1 Å². The maximum absolute atomic E-state index is 12.7. The molecule has 3 rings (SSSR count). The number of carbonyl (C=O) groups is 2. The summed E-state index contributed by atoms with van der Waals surface area (Å²) < 4.78 is 43.2. The fourth-order valence-electron chi connectivity index (χ4n) is 2.95. The Morgan fingerprint density at radius 3 is 2.57 bits per heavy atom. The molecule has 1 aromatic carbocycles. The predicted octanol–water partition coefficient (Wildman–Crippen LogP) is 3.40.